The van der Waals surface area contributed by atoms with Gasteiger partial charge in [-0.1, -0.05) is 29.8 Å². The highest BCUT2D eigenvalue weighted by Crippen LogP contribution is 2.13. The Morgan fingerprint density at radius 1 is 1.20 bits per heavy atom. The summed E-state index contributed by atoms with van der Waals surface area (Å²) in [6.07, 6.45) is 3.43. The van der Waals surface area contributed by atoms with Gasteiger partial charge < -0.3 is 9.73 Å². The smallest absolute Gasteiger partial charge is 0.181 e. The second kappa shape index (κ2) is 6.23. The minimum atomic E-state index is 0.0900. The molecule has 1 N–H and O–H groups in total. The molecule has 0 atom stereocenters. The van der Waals surface area contributed by atoms with E-state index in [0.29, 0.717) is 0 Å². The molecule has 3 nitrogen and oxygen atoms in total. The molecule has 0 saturated heterocycles. The van der Waals surface area contributed by atoms with Gasteiger partial charge in [0.05, 0.1) is 5.69 Å². The van der Waals surface area contributed by atoms with Crippen molar-refractivity contribution in [3.63, 3.8) is 0 Å². The molecule has 2 rings (SSSR count). The lowest BCUT2D eigenvalue weighted by atomic mass is 10.1. The Hall–Kier alpha value is -1.61. The fourth-order valence-corrected chi connectivity index (χ4v) is 2.12. The third-order valence-electron chi connectivity index (χ3n) is 3.23. The molecule has 3 heteroatoms. The molecule has 1 aromatic carbocycles. The van der Waals surface area contributed by atoms with Gasteiger partial charge in [-0.25, -0.2) is 4.98 Å². The van der Waals surface area contributed by atoms with Crippen molar-refractivity contribution in [2.75, 3.05) is 0 Å². The number of benzene rings is 1. The van der Waals surface area contributed by atoms with Crippen molar-refractivity contribution >= 4 is 0 Å². The van der Waals surface area contributed by atoms with Gasteiger partial charge in [0, 0.05) is 18.5 Å². The molecule has 0 aliphatic heterocycles. The minimum Gasteiger partial charge on any atom is -0.448 e. The van der Waals surface area contributed by atoms with E-state index in [4.69, 9.17) is 4.42 Å². The van der Waals surface area contributed by atoms with E-state index in [2.05, 4.69) is 62.3 Å². The quantitative estimate of drug-likeness (QED) is 0.902. The van der Waals surface area contributed by atoms with Crippen molar-refractivity contribution in [1.82, 2.24) is 10.3 Å². The number of hydrogen-bond acceptors (Lipinski definition) is 3. The van der Waals surface area contributed by atoms with E-state index in [-0.39, 0.29) is 5.54 Å². The Bertz CT molecular complexity index is 552. The van der Waals surface area contributed by atoms with E-state index in [9.17, 15) is 0 Å². The Kier molecular flexibility index (Phi) is 4.61. The maximum absolute atomic E-state index is 5.53. The predicted molar refractivity (Wildman–Crippen MR) is 81.7 cm³/mol. The fraction of sp³-hybridized carbons (Fsp3) is 0.471. The number of oxazole rings is 1. The first-order valence-electron chi connectivity index (χ1n) is 7.16. The van der Waals surface area contributed by atoms with Gasteiger partial charge in [-0.2, -0.15) is 0 Å². The van der Waals surface area contributed by atoms with Crippen LogP contribution in [-0.2, 0) is 19.4 Å². The SMILES string of the molecule is Cc1cccc(CCc2ocnc2CNC(C)(C)C)c1. The molecule has 2 aromatic rings. The van der Waals surface area contributed by atoms with Crippen LogP contribution in [-0.4, -0.2) is 10.5 Å². The Balaban J connectivity index is 1.95. The molecule has 0 radical (unpaired) electrons. The zero-order chi connectivity index (χ0) is 14.6. The van der Waals surface area contributed by atoms with Crippen LogP contribution < -0.4 is 5.32 Å². The van der Waals surface area contributed by atoms with E-state index in [0.717, 1.165) is 30.8 Å². The van der Waals surface area contributed by atoms with Crippen LogP contribution >= 0.6 is 0 Å². The molecule has 20 heavy (non-hydrogen) atoms. The molecule has 108 valence electrons. The highest BCUT2D eigenvalue weighted by molar-refractivity contribution is 5.23. The molecule has 0 aliphatic rings. The normalized spacial score (nSPS) is 11.8. The first kappa shape index (κ1) is 14.8. The van der Waals surface area contributed by atoms with Gasteiger partial charge in [0.1, 0.15) is 5.76 Å². The Labute approximate surface area is 121 Å². The van der Waals surface area contributed by atoms with Gasteiger partial charge in [0.2, 0.25) is 0 Å². The highest BCUT2D eigenvalue weighted by Gasteiger charge is 2.13. The summed E-state index contributed by atoms with van der Waals surface area (Å²) < 4.78 is 5.53. The molecule has 0 aliphatic carbocycles. The summed E-state index contributed by atoms with van der Waals surface area (Å²) in [5, 5.41) is 3.45. The fourth-order valence-electron chi connectivity index (χ4n) is 2.12. The van der Waals surface area contributed by atoms with Crippen molar-refractivity contribution in [2.45, 2.75) is 52.6 Å². The van der Waals surface area contributed by atoms with Gasteiger partial charge >= 0.3 is 0 Å². The zero-order valence-electron chi connectivity index (χ0n) is 12.9. The van der Waals surface area contributed by atoms with E-state index in [1.165, 1.54) is 11.1 Å². The third-order valence-corrected chi connectivity index (χ3v) is 3.23. The van der Waals surface area contributed by atoms with Gasteiger partial charge in [0.25, 0.3) is 0 Å². The van der Waals surface area contributed by atoms with Crippen LogP contribution in [0.25, 0.3) is 0 Å². The molecule has 0 bridgehead atoms. The van der Waals surface area contributed by atoms with Crippen molar-refractivity contribution < 1.29 is 4.42 Å². The number of nitrogens with one attached hydrogen (secondary N) is 1. The number of aryl methyl sites for hydroxylation is 3. The van der Waals surface area contributed by atoms with Crippen LogP contribution in [0.5, 0.6) is 0 Å². The van der Waals surface area contributed by atoms with Gasteiger partial charge in [0.15, 0.2) is 6.39 Å². The average Bonchev–Trinajstić information content (AvgIpc) is 2.81. The van der Waals surface area contributed by atoms with Crippen LogP contribution in [0.3, 0.4) is 0 Å². The molecular weight excluding hydrogens is 248 g/mol. The summed E-state index contributed by atoms with van der Waals surface area (Å²) in [5.74, 6) is 0.989. The van der Waals surface area contributed by atoms with Crippen molar-refractivity contribution in [1.29, 1.82) is 0 Å². The van der Waals surface area contributed by atoms with Gasteiger partial charge in [-0.05, 0) is 39.7 Å². The maximum Gasteiger partial charge on any atom is 0.181 e. The van der Waals surface area contributed by atoms with Crippen LogP contribution in [0.15, 0.2) is 35.1 Å². The lowest BCUT2D eigenvalue weighted by Crippen LogP contribution is -2.35. The first-order valence-corrected chi connectivity index (χ1v) is 7.16. The number of nitrogens with zero attached hydrogens (tertiary/aromatic N) is 1. The van der Waals surface area contributed by atoms with E-state index >= 15 is 0 Å². The topological polar surface area (TPSA) is 38.1 Å². The molecule has 0 unspecified atom stereocenters. The summed E-state index contributed by atoms with van der Waals surface area (Å²) in [4.78, 5) is 4.32. The van der Waals surface area contributed by atoms with Gasteiger partial charge in [-0.3, -0.25) is 0 Å². The van der Waals surface area contributed by atoms with Crippen molar-refractivity contribution in [2.24, 2.45) is 0 Å². The second-order valence-corrected chi connectivity index (χ2v) is 6.31. The molecule has 1 aromatic heterocycles. The number of hydrogen-bond donors (Lipinski definition) is 1. The Morgan fingerprint density at radius 3 is 2.70 bits per heavy atom. The van der Waals surface area contributed by atoms with Crippen molar-refractivity contribution in [3.05, 3.63) is 53.2 Å². The lowest BCUT2D eigenvalue weighted by molar-refractivity contribution is 0.417. The Morgan fingerprint density at radius 2 is 2.00 bits per heavy atom. The van der Waals surface area contributed by atoms with Crippen LogP contribution in [0.4, 0.5) is 0 Å². The standard InChI is InChI=1S/C17H24N2O/c1-13-6-5-7-14(10-13)8-9-16-15(18-12-20-16)11-19-17(2,3)4/h5-7,10,12,19H,8-9,11H2,1-4H3. The van der Waals surface area contributed by atoms with E-state index in [1.807, 2.05) is 0 Å². The highest BCUT2D eigenvalue weighted by atomic mass is 16.3. The van der Waals surface area contributed by atoms with Crippen LogP contribution in [0.2, 0.25) is 0 Å². The summed E-state index contributed by atoms with van der Waals surface area (Å²) in [6.45, 7) is 9.33. The molecular formula is C17H24N2O. The summed E-state index contributed by atoms with van der Waals surface area (Å²) in [6, 6.07) is 8.61. The molecule has 0 amide bonds. The molecule has 0 fully saturated rings. The largest absolute Gasteiger partial charge is 0.448 e. The van der Waals surface area contributed by atoms with E-state index < -0.39 is 0 Å². The number of aromatic nitrogens is 1. The lowest BCUT2D eigenvalue weighted by Gasteiger charge is -2.19. The third kappa shape index (κ3) is 4.49. The summed E-state index contributed by atoms with van der Waals surface area (Å²) >= 11 is 0. The zero-order valence-corrected chi connectivity index (χ0v) is 12.9. The maximum atomic E-state index is 5.53. The van der Waals surface area contributed by atoms with Crippen LogP contribution in [0, 0.1) is 6.92 Å². The van der Waals surface area contributed by atoms with E-state index in [1.54, 1.807) is 6.39 Å². The average molecular weight is 272 g/mol. The monoisotopic (exact) mass is 272 g/mol. The molecule has 1 heterocycles. The predicted octanol–water partition coefficient (Wildman–Crippen LogP) is 3.66. The minimum absolute atomic E-state index is 0.0900. The van der Waals surface area contributed by atoms with Crippen LogP contribution in [0.1, 0.15) is 43.4 Å². The molecule has 0 spiro atoms. The second-order valence-electron chi connectivity index (χ2n) is 6.31. The summed E-state index contributed by atoms with van der Waals surface area (Å²) in [5.41, 5.74) is 3.76. The number of rotatable bonds is 5. The van der Waals surface area contributed by atoms with Gasteiger partial charge in [-0.15, -0.1) is 0 Å². The van der Waals surface area contributed by atoms with Crippen molar-refractivity contribution in [3.8, 4) is 0 Å². The molecule has 0 saturated carbocycles. The first-order chi connectivity index (χ1) is 9.44. The summed E-state index contributed by atoms with van der Waals surface area (Å²) in [7, 11) is 0.